The maximum Gasteiger partial charge on any atom is 0.350 e. The third-order valence-electron chi connectivity index (χ3n) is 5.78. The van der Waals surface area contributed by atoms with E-state index in [4.69, 9.17) is 16.3 Å². The molecular formula is C18H24ClF2N5O3. The van der Waals surface area contributed by atoms with Gasteiger partial charge in [-0.2, -0.15) is 4.68 Å². The Morgan fingerprint density at radius 1 is 1.34 bits per heavy atom. The smallest absolute Gasteiger partial charge is 0.350 e. The van der Waals surface area contributed by atoms with Crippen LogP contribution >= 0.6 is 12.4 Å². The molecule has 4 N–H and O–H groups in total. The van der Waals surface area contributed by atoms with Crippen molar-refractivity contribution in [3.63, 3.8) is 0 Å². The van der Waals surface area contributed by atoms with Crippen LogP contribution in [0.15, 0.2) is 15.7 Å². The molecule has 1 saturated carbocycles. The SMILES string of the molecule is COc1c(N2CCC(F)(C(C)N)C2)c(F)cc2c(=O)n(N)c(=O)n(C3CC3)c12.Cl. The average Bonchev–Trinajstić information content (AvgIpc) is 3.41. The molecule has 4 rings (SSSR count). The predicted molar refractivity (Wildman–Crippen MR) is 109 cm³/mol. The summed E-state index contributed by atoms with van der Waals surface area (Å²) < 4.78 is 37.4. The number of anilines is 1. The monoisotopic (exact) mass is 431 g/mol. The molecule has 8 nitrogen and oxygen atoms in total. The first kappa shape index (κ1) is 21.4. The van der Waals surface area contributed by atoms with Crippen LogP contribution in [-0.4, -0.2) is 41.2 Å². The van der Waals surface area contributed by atoms with Crippen LogP contribution < -0.4 is 32.5 Å². The second kappa shape index (κ2) is 7.17. The Labute approximate surface area is 171 Å². The summed E-state index contributed by atoms with van der Waals surface area (Å²) in [4.78, 5) is 26.6. The minimum Gasteiger partial charge on any atom is -0.492 e. The quantitative estimate of drug-likeness (QED) is 0.700. The number of halogens is 3. The Morgan fingerprint density at radius 2 is 2.00 bits per heavy atom. The van der Waals surface area contributed by atoms with Gasteiger partial charge in [0.2, 0.25) is 0 Å². The molecule has 1 aliphatic carbocycles. The fraction of sp³-hybridized carbons (Fsp3) is 0.556. The highest BCUT2D eigenvalue weighted by Crippen LogP contribution is 2.44. The largest absolute Gasteiger partial charge is 0.492 e. The molecule has 160 valence electrons. The molecule has 1 saturated heterocycles. The highest BCUT2D eigenvalue weighted by Gasteiger charge is 2.43. The number of benzene rings is 1. The van der Waals surface area contributed by atoms with Crippen LogP contribution in [0.1, 0.15) is 32.2 Å². The standard InChI is InChI=1S/C18H23F2N5O3.ClH/c1-9(21)18(20)5-6-23(8-18)14-12(19)7-11-13(15(14)28-2)24(10-3-4-10)17(27)25(22)16(11)26;/h7,9-10H,3-6,8,21-22H2,1-2H3;1H. The van der Waals surface area contributed by atoms with Gasteiger partial charge in [0.25, 0.3) is 5.56 Å². The third-order valence-corrected chi connectivity index (χ3v) is 5.78. The summed E-state index contributed by atoms with van der Waals surface area (Å²) >= 11 is 0. The molecule has 2 fully saturated rings. The van der Waals surface area contributed by atoms with Crippen LogP contribution in [0.3, 0.4) is 0 Å². The molecule has 1 aromatic carbocycles. The lowest BCUT2D eigenvalue weighted by molar-refractivity contribution is 0.160. The molecule has 0 bridgehead atoms. The first-order valence-corrected chi connectivity index (χ1v) is 9.22. The molecule has 29 heavy (non-hydrogen) atoms. The molecule has 0 radical (unpaired) electrons. The minimum atomic E-state index is -1.66. The van der Waals surface area contributed by atoms with E-state index in [1.54, 1.807) is 6.92 Å². The first-order valence-electron chi connectivity index (χ1n) is 9.22. The summed E-state index contributed by atoms with van der Waals surface area (Å²) in [5.74, 6) is 4.91. The Morgan fingerprint density at radius 3 is 2.52 bits per heavy atom. The normalized spacial score (nSPS) is 22.6. The van der Waals surface area contributed by atoms with Gasteiger partial charge in [0.05, 0.1) is 19.0 Å². The van der Waals surface area contributed by atoms with Crippen LogP contribution in [0, 0.1) is 5.82 Å². The van der Waals surface area contributed by atoms with Gasteiger partial charge < -0.3 is 21.2 Å². The van der Waals surface area contributed by atoms with E-state index in [9.17, 15) is 14.0 Å². The molecule has 2 atom stereocenters. The van der Waals surface area contributed by atoms with Crippen molar-refractivity contribution < 1.29 is 13.5 Å². The predicted octanol–water partition coefficient (Wildman–Crippen LogP) is 1.05. The fourth-order valence-electron chi connectivity index (χ4n) is 3.96. The summed E-state index contributed by atoms with van der Waals surface area (Å²) in [6.07, 6.45) is 1.63. The highest BCUT2D eigenvalue weighted by molar-refractivity contribution is 5.91. The van der Waals surface area contributed by atoms with Gasteiger partial charge in [0, 0.05) is 25.0 Å². The lowest BCUT2D eigenvalue weighted by Gasteiger charge is -2.27. The number of ether oxygens (including phenoxy) is 1. The van der Waals surface area contributed by atoms with Gasteiger partial charge in [-0.25, -0.2) is 13.6 Å². The lowest BCUT2D eigenvalue weighted by Crippen LogP contribution is -2.45. The number of nitrogens with two attached hydrogens (primary N) is 2. The fourth-order valence-corrected chi connectivity index (χ4v) is 3.96. The van der Waals surface area contributed by atoms with E-state index in [0.29, 0.717) is 4.68 Å². The minimum absolute atomic E-state index is 0. The average molecular weight is 432 g/mol. The molecule has 11 heteroatoms. The molecular weight excluding hydrogens is 408 g/mol. The van der Waals surface area contributed by atoms with Crippen LogP contribution in [0.2, 0.25) is 0 Å². The van der Waals surface area contributed by atoms with E-state index >= 15 is 4.39 Å². The molecule has 0 spiro atoms. The number of hydrogen-bond acceptors (Lipinski definition) is 6. The molecule has 2 aliphatic rings. The van der Waals surface area contributed by atoms with Gasteiger partial charge in [-0.1, -0.05) is 0 Å². The number of rotatable bonds is 4. The topological polar surface area (TPSA) is 109 Å². The lowest BCUT2D eigenvalue weighted by atomic mass is 9.98. The van der Waals surface area contributed by atoms with E-state index in [2.05, 4.69) is 0 Å². The number of nitrogen functional groups attached to an aromatic ring is 1. The maximum atomic E-state index is 15.1. The van der Waals surface area contributed by atoms with Crippen molar-refractivity contribution in [2.75, 3.05) is 30.9 Å². The molecule has 0 amide bonds. The van der Waals surface area contributed by atoms with Crippen molar-refractivity contribution >= 4 is 29.0 Å². The van der Waals surface area contributed by atoms with Crippen molar-refractivity contribution in [2.45, 2.75) is 43.9 Å². The zero-order valence-corrected chi connectivity index (χ0v) is 17.0. The van der Waals surface area contributed by atoms with Crippen LogP contribution in [0.25, 0.3) is 10.9 Å². The number of nitrogens with zero attached hydrogens (tertiary/aromatic N) is 3. The number of alkyl halides is 1. The second-order valence-corrected chi connectivity index (χ2v) is 7.69. The van der Waals surface area contributed by atoms with E-state index in [-0.39, 0.29) is 60.3 Å². The van der Waals surface area contributed by atoms with Gasteiger partial charge in [-0.15, -0.1) is 12.4 Å². The molecule has 2 aromatic rings. The summed E-state index contributed by atoms with van der Waals surface area (Å²) in [6, 6.07) is 0.183. The number of methoxy groups -OCH3 is 1. The zero-order valence-electron chi connectivity index (χ0n) is 16.2. The molecule has 1 aromatic heterocycles. The van der Waals surface area contributed by atoms with E-state index in [0.717, 1.165) is 18.9 Å². The zero-order chi connectivity index (χ0) is 20.4. The van der Waals surface area contributed by atoms with Crippen molar-refractivity contribution in [3.8, 4) is 5.75 Å². The van der Waals surface area contributed by atoms with Crippen molar-refractivity contribution in [2.24, 2.45) is 5.73 Å². The molecule has 2 unspecified atom stereocenters. The van der Waals surface area contributed by atoms with Crippen molar-refractivity contribution in [1.82, 2.24) is 9.24 Å². The Bertz CT molecular complexity index is 1080. The van der Waals surface area contributed by atoms with E-state index < -0.39 is 28.8 Å². The molecule has 2 heterocycles. The highest BCUT2D eigenvalue weighted by atomic mass is 35.5. The van der Waals surface area contributed by atoms with Crippen LogP contribution in [0.5, 0.6) is 5.75 Å². The van der Waals surface area contributed by atoms with Gasteiger partial charge >= 0.3 is 5.69 Å². The number of aromatic nitrogens is 2. The number of fused-ring (bicyclic) bond motifs is 1. The second-order valence-electron chi connectivity index (χ2n) is 7.69. The van der Waals surface area contributed by atoms with Crippen LogP contribution in [-0.2, 0) is 0 Å². The summed E-state index contributed by atoms with van der Waals surface area (Å²) in [7, 11) is 1.33. The van der Waals surface area contributed by atoms with Crippen molar-refractivity contribution in [3.05, 3.63) is 32.7 Å². The van der Waals surface area contributed by atoms with Crippen molar-refractivity contribution in [1.29, 1.82) is 0 Å². The summed E-state index contributed by atoms with van der Waals surface area (Å²) in [5, 5.41) is -0.0509. The maximum absolute atomic E-state index is 15.1. The van der Waals surface area contributed by atoms with E-state index in [1.165, 1.54) is 16.6 Å². The summed E-state index contributed by atoms with van der Waals surface area (Å²) in [5.41, 5.74) is 2.83. The van der Waals surface area contributed by atoms with Gasteiger partial charge in [0.1, 0.15) is 16.9 Å². The van der Waals surface area contributed by atoms with Crippen LogP contribution in [0.4, 0.5) is 14.5 Å². The Kier molecular flexibility index (Phi) is 5.29. The van der Waals surface area contributed by atoms with Gasteiger partial charge in [-0.3, -0.25) is 9.36 Å². The third kappa shape index (κ3) is 3.14. The first-order chi connectivity index (χ1) is 13.2. The summed E-state index contributed by atoms with van der Waals surface area (Å²) in [6.45, 7) is 1.70. The Balaban J connectivity index is 0.00000240. The molecule has 1 aliphatic heterocycles. The Hall–Kier alpha value is -2.33. The van der Waals surface area contributed by atoms with Gasteiger partial charge in [-0.05, 0) is 25.8 Å². The van der Waals surface area contributed by atoms with E-state index in [1.807, 2.05) is 0 Å². The number of hydrogen-bond donors (Lipinski definition) is 2. The van der Waals surface area contributed by atoms with Gasteiger partial charge in [0.15, 0.2) is 11.6 Å².